The van der Waals surface area contributed by atoms with Crippen LogP contribution in [0.5, 0.6) is 0 Å². The number of carbonyl (C=O) groups is 4. The third kappa shape index (κ3) is 5.29. The quantitative estimate of drug-likeness (QED) is 0.408. The van der Waals surface area contributed by atoms with Crippen LogP contribution >= 0.6 is 0 Å². The molecule has 3 atom stereocenters. The van der Waals surface area contributed by atoms with E-state index in [4.69, 9.17) is 18.9 Å². The van der Waals surface area contributed by atoms with Crippen molar-refractivity contribution in [2.75, 3.05) is 6.61 Å². The minimum absolute atomic E-state index is 0.187. The Morgan fingerprint density at radius 2 is 1.03 bits per heavy atom. The van der Waals surface area contributed by atoms with Gasteiger partial charge in [-0.05, 0) is 36.4 Å². The minimum Gasteiger partial charge on any atom is -0.459 e. The summed E-state index contributed by atoms with van der Waals surface area (Å²) in [5.74, 6) is -3.22. The average Bonchev–Trinajstić information content (AvgIpc) is 2.89. The standard InChI is InChI=1S/C26H20O8/c27-23(17-10-4-1-5-11-17)32-20-16-31-26(30)22(34-25(29)19-14-8-3-9-15-19)21(20)33-24(28)18-12-6-2-7-13-18/h1-15,20-22H,16H2/t20-,21-,22+/m1/s1. The molecular formula is C26H20O8. The maximum atomic E-state index is 12.8. The van der Waals surface area contributed by atoms with E-state index in [1.54, 1.807) is 66.7 Å². The average molecular weight is 460 g/mol. The molecule has 34 heavy (non-hydrogen) atoms. The van der Waals surface area contributed by atoms with Crippen LogP contribution in [0.15, 0.2) is 91.0 Å². The summed E-state index contributed by atoms with van der Waals surface area (Å²) >= 11 is 0. The molecule has 8 nitrogen and oxygen atoms in total. The lowest BCUT2D eigenvalue weighted by Crippen LogP contribution is -2.56. The molecule has 4 rings (SSSR count). The minimum atomic E-state index is -1.64. The fraction of sp³-hybridized carbons (Fsp3) is 0.154. The fourth-order valence-corrected chi connectivity index (χ4v) is 3.33. The SMILES string of the molecule is O=C(O[C@H]1[C@H](OC(=O)c2ccccc2)C(=O)OC[C@H]1OC(=O)c1ccccc1)c1ccccc1. The number of ether oxygens (including phenoxy) is 4. The van der Waals surface area contributed by atoms with E-state index in [9.17, 15) is 19.2 Å². The second kappa shape index (κ2) is 10.4. The van der Waals surface area contributed by atoms with E-state index in [0.717, 1.165) is 0 Å². The first-order valence-electron chi connectivity index (χ1n) is 10.5. The number of hydrogen-bond acceptors (Lipinski definition) is 8. The number of benzene rings is 3. The van der Waals surface area contributed by atoms with Gasteiger partial charge in [0.05, 0.1) is 16.7 Å². The summed E-state index contributed by atoms with van der Waals surface area (Å²) in [4.78, 5) is 50.6. The van der Waals surface area contributed by atoms with Gasteiger partial charge in [-0.1, -0.05) is 54.6 Å². The van der Waals surface area contributed by atoms with Gasteiger partial charge in [0.15, 0.2) is 12.2 Å². The molecule has 0 spiro atoms. The molecule has 0 radical (unpaired) electrons. The van der Waals surface area contributed by atoms with Crippen molar-refractivity contribution in [2.45, 2.75) is 18.3 Å². The summed E-state index contributed by atoms with van der Waals surface area (Å²) < 4.78 is 21.5. The number of cyclic esters (lactones) is 1. The van der Waals surface area contributed by atoms with Crippen molar-refractivity contribution in [1.82, 2.24) is 0 Å². The zero-order valence-corrected chi connectivity index (χ0v) is 17.9. The van der Waals surface area contributed by atoms with Crippen molar-refractivity contribution in [2.24, 2.45) is 0 Å². The molecule has 0 aliphatic carbocycles. The van der Waals surface area contributed by atoms with Crippen LogP contribution in [0.1, 0.15) is 31.1 Å². The van der Waals surface area contributed by atoms with Crippen molar-refractivity contribution < 1.29 is 38.1 Å². The Hall–Kier alpha value is -4.46. The molecule has 1 heterocycles. The van der Waals surface area contributed by atoms with Crippen LogP contribution in [0.25, 0.3) is 0 Å². The maximum Gasteiger partial charge on any atom is 0.351 e. The first-order valence-corrected chi connectivity index (χ1v) is 10.5. The van der Waals surface area contributed by atoms with Gasteiger partial charge in [0.1, 0.15) is 6.61 Å². The molecule has 1 aliphatic rings. The molecule has 8 heteroatoms. The van der Waals surface area contributed by atoms with Crippen LogP contribution in [-0.4, -0.2) is 48.8 Å². The van der Waals surface area contributed by atoms with Gasteiger partial charge in [0.2, 0.25) is 6.10 Å². The van der Waals surface area contributed by atoms with Gasteiger partial charge in [-0.15, -0.1) is 0 Å². The van der Waals surface area contributed by atoms with Crippen molar-refractivity contribution >= 4 is 23.9 Å². The molecule has 3 aromatic carbocycles. The highest BCUT2D eigenvalue weighted by Gasteiger charge is 2.48. The number of esters is 4. The molecule has 0 unspecified atom stereocenters. The Morgan fingerprint density at radius 3 is 1.50 bits per heavy atom. The summed E-state index contributed by atoms with van der Waals surface area (Å²) in [7, 11) is 0. The molecule has 0 bridgehead atoms. The highest BCUT2D eigenvalue weighted by molar-refractivity contribution is 5.93. The van der Waals surface area contributed by atoms with Gasteiger partial charge in [-0.2, -0.15) is 0 Å². The van der Waals surface area contributed by atoms with Crippen LogP contribution in [0.2, 0.25) is 0 Å². The summed E-state index contributed by atoms with van der Waals surface area (Å²) in [5.41, 5.74) is 0.653. The Bertz CT molecular complexity index is 1160. The first kappa shape index (κ1) is 22.7. The van der Waals surface area contributed by atoms with E-state index in [-0.39, 0.29) is 23.3 Å². The lowest BCUT2D eigenvalue weighted by Gasteiger charge is -2.35. The molecule has 0 amide bonds. The largest absolute Gasteiger partial charge is 0.459 e. The van der Waals surface area contributed by atoms with Gasteiger partial charge in [0.25, 0.3) is 0 Å². The Balaban J connectivity index is 1.60. The summed E-state index contributed by atoms with van der Waals surface area (Å²) in [5, 5.41) is 0. The van der Waals surface area contributed by atoms with Gasteiger partial charge in [-0.3, -0.25) is 0 Å². The topological polar surface area (TPSA) is 105 Å². The van der Waals surface area contributed by atoms with E-state index in [2.05, 4.69) is 0 Å². The zero-order valence-electron chi connectivity index (χ0n) is 17.9. The highest BCUT2D eigenvalue weighted by atomic mass is 16.7. The lowest BCUT2D eigenvalue weighted by molar-refractivity contribution is -0.187. The maximum absolute atomic E-state index is 12.8. The lowest BCUT2D eigenvalue weighted by atomic mass is 10.0. The second-order valence-corrected chi connectivity index (χ2v) is 7.37. The van der Waals surface area contributed by atoms with E-state index >= 15 is 0 Å². The van der Waals surface area contributed by atoms with E-state index in [0.29, 0.717) is 0 Å². The Kier molecular flexibility index (Phi) is 6.98. The first-order chi connectivity index (χ1) is 16.5. The third-order valence-corrected chi connectivity index (χ3v) is 5.05. The number of carbonyl (C=O) groups excluding carboxylic acids is 4. The molecule has 0 aromatic heterocycles. The van der Waals surface area contributed by atoms with Crippen molar-refractivity contribution in [1.29, 1.82) is 0 Å². The Morgan fingerprint density at radius 1 is 0.618 bits per heavy atom. The smallest absolute Gasteiger partial charge is 0.351 e. The predicted molar refractivity (Wildman–Crippen MR) is 118 cm³/mol. The van der Waals surface area contributed by atoms with E-state index in [1.165, 1.54) is 24.3 Å². The fourth-order valence-electron chi connectivity index (χ4n) is 3.33. The van der Waals surface area contributed by atoms with Gasteiger partial charge in [0, 0.05) is 0 Å². The van der Waals surface area contributed by atoms with Crippen LogP contribution in [0.3, 0.4) is 0 Å². The molecule has 0 saturated carbocycles. The molecule has 1 saturated heterocycles. The van der Waals surface area contributed by atoms with Gasteiger partial charge >= 0.3 is 23.9 Å². The summed E-state index contributed by atoms with van der Waals surface area (Å²) in [6.07, 6.45) is -4.26. The third-order valence-electron chi connectivity index (χ3n) is 5.05. The number of rotatable bonds is 6. The highest BCUT2D eigenvalue weighted by Crippen LogP contribution is 2.23. The van der Waals surface area contributed by atoms with Crippen molar-refractivity contribution in [3.8, 4) is 0 Å². The van der Waals surface area contributed by atoms with Gasteiger partial charge < -0.3 is 18.9 Å². The zero-order chi connectivity index (χ0) is 23.9. The molecular weight excluding hydrogens is 440 g/mol. The molecule has 0 N–H and O–H groups in total. The number of hydrogen-bond donors (Lipinski definition) is 0. The van der Waals surface area contributed by atoms with E-state index in [1.807, 2.05) is 0 Å². The van der Waals surface area contributed by atoms with Crippen molar-refractivity contribution in [3.05, 3.63) is 108 Å². The monoisotopic (exact) mass is 460 g/mol. The molecule has 1 aliphatic heterocycles. The van der Waals surface area contributed by atoms with Crippen molar-refractivity contribution in [3.63, 3.8) is 0 Å². The molecule has 1 fully saturated rings. The van der Waals surface area contributed by atoms with Crippen LogP contribution in [-0.2, 0) is 23.7 Å². The van der Waals surface area contributed by atoms with Crippen LogP contribution in [0.4, 0.5) is 0 Å². The summed E-state index contributed by atoms with van der Waals surface area (Å²) in [6.45, 7) is -0.371. The van der Waals surface area contributed by atoms with Gasteiger partial charge in [-0.25, -0.2) is 19.2 Å². The van der Waals surface area contributed by atoms with Crippen LogP contribution in [0, 0.1) is 0 Å². The Labute approximate surface area is 195 Å². The molecule has 3 aromatic rings. The summed E-state index contributed by atoms with van der Waals surface area (Å²) in [6, 6.07) is 24.2. The second-order valence-electron chi connectivity index (χ2n) is 7.37. The molecule has 172 valence electrons. The predicted octanol–water partition coefficient (Wildman–Crippen LogP) is 3.22. The van der Waals surface area contributed by atoms with Crippen LogP contribution < -0.4 is 0 Å². The normalized spacial score (nSPS) is 19.4. The van der Waals surface area contributed by atoms with E-state index < -0.39 is 42.2 Å².